The van der Waals surface area contributed by atoms with Crippen LogP contribution in [0.1, 0.15) is 83.9 Å². The summed E-state index contributed by atoms with van der Waals surface area (Å²) < 4.78 is 16.1. The van der Waals surface area contributed by atoms with E-state index in [9.17, 15) is 0 Å². The summed E-state index contributed by atoms with van der Waals surface area (Å²) in [5.74, 6) is 2.55. The van der Waals surface area contributed by atoms with Crippen molar-refractivity contribution in [1.82, 2.24) is 29.9 Å². The Morgan fingerprint density at radius 2 is 1.06 bits per heavy atom. The number of ether oxygens (including phenoxy) is 3. The first-order chi connectivity index (χ1) is 24.3. The second kappa shape index (κ2) is 17.6. The molecule has 12 heteroatoms. The molecule has 0 bridgehead atoms. The Morgan fingerprint density at radius 1 is 0.640 bits per heavy atom. The molecule has 0 aromatic carbocycles. The SMILES string of the molecule is CC.CC.CC.COC1CC2(C1)CN(c1ncc(C)cn1)C2.Cc1cnc(N2CC3(CCO3)C2)nc1.Cc1cnc(N2CCC23COC3)nc1. The number of nitrogens with zero attached hydrogens (tertiary/aromatic N) is 9. The predicted octanol–water partition coefficient (Wildman–Crippen LogP) is 6.01. The zero-order valence-electron chi connectivity index (χ0n) is 32.3. The molecule has 3 aromatic rings. The molecule has 6 aliphatic rings. The fourth-order valence-corrected chi connectivity index (χ4v) is 6.78. The van der Waals surface area contributed by atoms with Crippen LogP contribution in [0.2, 0.25) is 0 Å². The first-order valence-electron chi connectivity index (χ1n) is 18.7. The first-order valence-corrected chi connectivity index (χ1v) is 18.7. The summed E-state index contributed by atoms with van der Waals surface area (Å²) in [5, 5.41) is 0. The van der Waals surface area contributed by atoms with Crippen molar-refractivity contribution >= 4 is 17.8 Å². The summed E-state index contributed by atoms with van der Waals surface area (Å²) in [4.78, 5) is 32.6. The minimum absolute atomic E-state index is 0.161. The average Bonchev–Trinajstić information content (AvgIpc) is 3.04. The third-order valence-electron chi connectivity index (χ3n) is 9.86. The summed E-state index contributed by atoms with van der Waals surface area (Å²) in [6.45, 7) is 25.8. The molecule has 6 fully saturated rings. The van der Waals surface area contributed by atoms with E-state index >= 15 is 0 Å². The highest BCUT2D eigenvalue weighted by atomic mass is 16.5. The van der Waals surface area contributed by atoms with Crippen LogP contribution in [0.15, 0.2) is 37.2 Å². The highest BCUT2D eigenvalue weighted by Gasteiger charge is 2.54. The molecule has 5 aliphatic heterocycles. The summed E-state index contributed by atoms with van der Waals surface area (Å²) in [7, 11) is 1.80. The zero-order valence-corrected chi connectivity index (χ0v) is 32.3. The molecule has 3 spiro atoms. The maximum atomic E-state index is 5.53. The summed E-state index contributed by atoms with van der Waals surface area (Å²) >= 11 is 0. The molecular weight excluding hydrogens is 630 g/mol. The molecule has 5 saturated heterocycles. The van der Waals surface area contributed by atoms with Gasteiger partial charge in [-0.1, -0.05) is 41.5 Å². The van der Waals surface area contributed by atoms with Crippen LogP contribution in [0.5, 0.6) is 0 Å². The molecule has 0 amide bonds. The molecule has 9 rings (SSSR count). The molecule has 3 aromatic heterocycles. The minimum Gasteiger partial charge on any atom is -0.381 e. The fourth-order valence-electron chi connectivity index (χ4n) is 6.78. The van der Waals surface area contributed by atoms with Crippen LogP contribution in [-0.4, -0.2) is 107 Å². The number of hydrogen-bond acceptors (Lipinski definition) is 12. The van der Waals surface area contributed by atoms with E-state index in [0.29, 0.717) is 11.5 Å². The lowest BCUT2D eigenvalue weighted by atomic mass is 9.62. The van der Waals surface area contributed by atoms with Gasteiger partial charge in [0.2, 0.25) is 17.8 Å². The number of methoxy groups -OCH3 is 1. The average molecular weight is 692 g/mol. The lowest BCUT2D eigenvalue weighted by Gasteiger charge is -2.58. The highest BCUT2D eigenvalue weighted by molar-refractivity contribution is 5.42. The summed E-state index contributed by atoms with van der Waals surface area (Å²) in [6, 6.07) is 0. The van der Waals surface area contributed by atoms with E-state index < -0.39 is 0 Å². The molecular formula is C38H61N9O3. The van der Waals surface area contributed by atoms with Gasteiger partial charge in [0.1, 0.15) is 5.60 Å². The van der Waals surface area contributed by atoms with Gasteiger partial charge in [0.05, 0.1) is 44.6 Å². The second-order valence-electron chi connectivity index (χ2n) is 13.6. The monoisotopic (exact) mass is 691 g/mol. The Hall–Kier alpha value is -3.48. The van der Waals surface area contributed by atoms with E-state index in [1.165, 1.54) is 25.7 Å². The van der Waals surface area contributed by atoms with Crippen molar-refractivity contribution < 1.29 is 14.2 Å². The molecule has 0 unspecified atom stereocenters. The molecule has 8 heterocycles. The van der Waals surface area contributed by atoms with Gasteiger partial charge in [0.15, 0.2) is 0 Å². The van der Waals surface area contributed by atoms with E-state index in [4.69, 9.17) is 14.2 Å². The quantitative estimate of drug-likeness (QED) is 0.319. The van der Waals surface area contributed by atoms with E-state index in [2.05, 4.69) is 44.6 Å². The Morgan fingerprint density at radius 3 is 1.38 bits per heavy atom. The van der Waals surface area contributed by atoms with Gasteiger partial charge in [-0.3, -0.25) is 0 Å². The number of aryl methyl sites for hydroxylation is 3. The van der Waals surface area contributed by atoms with Gasteiger partial charge in [0, 0.05) is 75.8 Å². The maximum Gasteiger partial charge on any atom is 0.225 e. The Balaban J connectivity index is 0.000000157. The van der Waals surface area contributed by atoms with Crippen molar-refractivity contribution in [3.05, 3.63) is 53.9 Å². The van der Waals surface area contributed by atoms with Crippen molar-refractivity contribution in [3.63, 3.8) is 0 Å². The predicted molar refractivity (Wildman–Crippen MR) is 200 cm³/mol. The lowest BCUT2D eigenvalue weighted by Crippen LogP contribution is -2.71. The van der Waals surface area contributed by atoms with Crippen LogP contribution in [0.4, 0.5) is 17.8 Å². The smallest absolute Gasteiger partial charge is 0.225 e. The van der Waals surface area contributed by atoms with Crippen molar-refractivity contribution in [2.24, 2.45) is 5.41 Å². The molecule has 1 saturated carbocycles. The van der Waals surface area contributed by atoms with Gasteiger partial charge in [-0.2, -0.15) is 0 Å². The molecule has 0 atom stereocenters. The topological polar surface area (TPSA) is 115 Å². The normalized spacial score (nSPS) is 20.6. The largest absolute Gasteiger partial charge is 0.381 e. The Kier molecular flexibility index (Phi) is 13.9. The number of aromatic nitrogens is 6. The zero-order chi connectivity index (χ0) is 36.4. The van der Waals surface area contributed by atoms with Crippen LogP contribution >= 0.6 is 0 Å². The summed E-state index contributed by atoms with van der Waals surface area (Å²) in [6.07, 6.45) is 16.5. The Bertz CT molecular complexity index is 1400. The standard InChI is InChI=1S/C12H17N3O.2C10H13N3O.3C2H6/c1-9-5-13-11(14-6-9)15-7-12(8-15)3-10(4-12)16-2;1-8-4-11-9(12-5-8)13-6-10(7-13)2-3-14-10;1-8-4-11-9(12-5-8)13-3-2-10(13)6-14-7-10;3*1-2/h5-6,10H,3-4,7-8H2,1-2H3;2*4-5H,2-3,6-7H2,1H3;3*1-2H3. The van der Waals surface area contributed by atoms with Gasteiger partial charge in [-0.25, -0.2) is 29.9 Å². The van der Waals surface area contributed by atoms with Gasteiger partial charge in [-0.05, 0) is 56.7 Å². The van der Waals surface area contributed by atoms with Crippen LogP contribution in [0.3, 0.4) is 0 Å². The number of hydrogen-bond donors (Lipinski definition) is 0. The fraction of sp³-hybridized carbons (Fsp3) is 0.684. The minimum atomic E-state index is 0.161. The van der Waals surface area contributed by atoms with Crippen molar-refractivity contribution in [1.29, 1.82) is 0 Å². The molecule has 50 heavy (non-hydrogen) atoms. The van der Waals surface area contributed by atoms with Gasteiger partial charge in [-0.15, -0.1) is 0 Å². The molecule has 12 nitrogen and oxygen atoms in total. The molecule has 1 aliphatic carbocycles. The number of anilines is 3. The highest BCUT2D eigenvalue weighted by Crippen LogP contribution is 2.50. The first kappa shape index (κ1) is 39.3. The third kappa shape index (κ3) is 8.69. The van der Waals surface area contributed by atoms with Crippen LogP contribution < -0.4 is 14.7 Å². The third-order valence-corrected chi connectivity index (χ3v) is 9.86. The molecule has 276 valence electrons. The maximum absolute atomic E-state index is 5.53. The number of rotatable bonds is 4. The lowest BCUT2D eigenvalue weighted by molar-refractivity contribution is -0.161. The Labute approximate surface area is 300 Å². The van der Waals surface area contributed by atoms with Crippen molar-refractivity contribution in [3.8, 4) is 0 Å². The molecule has 0 N–H and O–H groups in total. The molecule has 0 radical (unpaired) electrons. The van der Waals surface area contributed by atoms with Crippen LogP contribution in [-0.2, 0) is 14.2 Å². The van der Waals surface area contributed by atoms with Crippen LogP contribution in [0.25, 0.3) is 0 Å². The van der Waals surface area contributed by atoms with E-state index in [1.54, 1.807) is 7.11 Å². The van der Waals surface area contributed by atoms with Crippen LogP contribution in [0, 0.1) is 26.2 Å². The van der Waals surface area contributed by atoms with Gasteiger partial charge in [0.25, 0.3) is 0 Å². The van der Waals surface area contributed by atoms with Gasteiger partial charge < -0.3 is 28.9 Å². The van der Waals surface area contributed by atoms with E-state index in [0.717, 1.165) is 87.1 Å². The van der Waals surface area contributed by atoms with Gasteiger partial charge >= 0.3 is 0 Å². The van der Waals surface area contributed by atoms with Crippen molar-refractivity contribution in [2.75, 3.05) is 74.4 Å². The van der Waals surface area contributed by atoms with E-state index in [-0.39, 0.29) is 11.1 Å². The van der Waals surface area contributed by atoms with Crippen molar-refractivity contribution in [2.45, 2.75) is 105 Å². The van der Waals surface area contributed by atoms with E-state index in [1.807, 2.05) is 99.5 Å². The summed E-state index contributed by atoms with van der Waals surface area (Å²) in [5.41, 5.74) is 4.23. The second-order valence-corrected chi connectivity index (χ2v) is 13.6.